The fourth-order valence-corrected chi connectivity index (χ4v) is 2.11. The average Bonchev–Trinajstić information content (AvgIpc) is 2.26. The van der Waals surface area contributed by atoms with Crippen molar-refractivity contribution in [2.24, 2.45) is 0 Å². The van der Waals surface area contributed by atoms with Crippen LogP contribution < -0.4 is 4.72 Å². The van der Waals surface area contributed by atoms with Crippen LogP contribution in [0.25, 0.3) is 0 Å². The topological polar surface area (TPSA) is 69.6 Å². The van der Waals surface area contributed by atoms with E-state index in [1.54, 1.807) is 0 Å². The highest BCUT2D eigenvalue weighted by atomic mass is 32.2. The Morgan fingerprint density at radius 1 is 1.24 bits per heavy atom. The van der Waals surface area contributed by atoms with Crippen LogP contribution in [0.2, 0.25) is 0 Å². The first-order chi connectivity index (χ1) is 7.81. The second kappa shape index (κ2) is 8.02. The molecule has 0 aromatic heterocycles. The molecule has 0 bridgehead atoms. The molecule has 0 aliphatic rings. The number of aliphatic hydroxyl groups excluding tert-OH is 1. The summed E-state index contributed by atoms with van der Waals surface area (Å²) in [5, 5.41) is 8.05. The molecule has 0 rings (SSSR count). The van der Waals surface area contributed by atoms with E-state index in [0.29, 0.717) is 12.6 Å². The van der Waals surface area contributed by atoms with Gasteiger partial charge in [0.25, 0.3) is 0 Å². The summed E-state index contributed by atoms with van der Waals surface area (Å²) in [6.07, 6.45) is 1.78. The number of unbranched alkanes of at least 4 members (excludes halogenated alkanes) is 1. The molecule has 1 atom stereocenters. The molecule has 0 aliphatic heterocycles. The number of nitrogens with zero attached hydrogens (tertiary/aromatic N) is 1. The van der Waals surface area contributed by atoms with Crippen molar-refractivity contribution in [1.29, 1.82) is 0 Å². The van der Waals surface area contributed by atoms with Crippen molar-refractivity contribution in [2.45, 2.75) is 44.9 Å². The summed E-state index contributed by atoms with van der Waals surface area (Å²) in [6, 6.07) is 0.515. The lowest BCUT2D eigenvalue weighted by Gasteiger charge is -2.20. The van der Waals surface area contributed by atoms with E-state index >= 15 is 0 Å². The van der Waals surface area contributed by atoms with Crippen LogP contribution in [0.4, 0.5) is 0 Å². The predicted molar refractivity (Wildman–Crippen MR) is 70.5 cm³/mol. The normalized spacial score (nSPS) is 14.5. The van der Waals surface area contributed by atoms with Crippen LogP contribution in [0.1, 0.15) is 33.6 Å². The zero-order chi connectivity index (χ0) is 13.5. The number of nitrogens with one attached hydrogen (secondary N) is 1. The lowest BCUT2D eigenvalue weighted by molar-refractivity contribution is 0.268. The zero-order valence-electron chi connectivity index (χ0n) is 11.3. The molecule has 0 aliphatic carbocycles. The van der Waals surface area contributed by atoms with Gasteiger partial charge in [0.15, 0.2) is 0 Å². The molecular formula is C11H26N2O3S. The maximum atomic E-state index is 11.5. The Labute approximate surface area is 105 Å². The van der Waals surface area contributed by atoms with Crippen LogP contribution in [0, 0.1) is 0 Å². The summed E-state index contributed by atoms with van der Waals surface area (Å²) in [6.45, 7) is 6.82. The third-order valence-electron chi connectivity index (χ3n) is 2.91. The molecule has 0 heterocycles. The van der Waals surface area contributed by atoms with Gasteiger partial charge in [-0.3, -0.25) is 0 Å². The van der Waals surface area contributed by atoms with Gasteiger partial charge < -0.3 is 10.0 Å². The van der Waals surface area contributed by atoms with Crippen LogP contribution in [0.5, 0.6) is 0 Å². The minimum Gasteiger partial charge on any atom is -0.395 e. The van der Waals surface area contributed by atoms with E-state index in [0.717, 1.165) is 19.4 Å². The molecule has 0 aromatic carbocycles. The second-order valence-corrected chi connectivity index (χ2v) is 6.90. The molecule has 0 amide bonds. The summed E-state index contributed by atoms with van der Waals surface area (Å²) in [5.74, 6) is 0. The van der Waals surface area contributed by atoms with Gasteiger partial charge in [0.05, 0.1) is 11.9 Å². The van der Waals surface area contributed by atoms with Crippen LogP contribution in [-0.2, 0) is 10.0 Å². The van der Waals surface area contributed by atoms with E-state index in [1.807, 2.05) is 0 Å². The summed E-state index contributed by atoms with van der Waals surface area (Å²) < 4.78 is 25.5. The highest BCUT2D eigenvalue weighted by Gasteiger charge is 2.18. The summed E-state index contributed by atoms with van der Waals surface area (Å²) in [4.78, 5) is 2.23. The van der Waals surface area contributed by atoms with Crippen molar-refractivity contribution in [1.82, 2.24) is 9.62 Å². The minimum absolute atomic E-state index is 0.342. The summed E-state index contributed by atoms with van der Waals surface area (Å²) in [7, 11) is -1.28. The quantitative estimate of drug-likeness (QED) is 0.593. The zero-order valence-corrected chi connectivity index (χ0v) is 12.1. The maximum Gasteiger partial charge on any atom is 0.216 e. The second-order valence-electron chi connectivity index (χ2n) is 4.71. The van der Waals surface area contributed by atoms with E-state index in [2.05, 4.69) is 30.5 Å². The first kappa shape index (κ1) is 16.8. The Morgan fingerprint density at radius 2 is 1.82 bits per heavy atom. The van der Waals surface area contributed by atoms with Gasteiger partial charge in [-0.15, -0.1) is 0 Å². The highest BCUT2D eigenvalue weighted by Crippen LogP contribution is 2.00. The fraction of sp³-hybridized carbons (Fsp3) is 1.00. The highest BCUT2D eigenvalue weighted by molar-refractivity contribution is 7.90. The molecule has 104 valence electrons. The van der Waals surface area contributed by atoms with E-state index < -0.39 is 15.3 Å². The molecule has 5 nitrogen and oxygen atoms in total. The Bertz CT molecular complexity index is 291. The van der Waals surface area contributed by atoms with Gasteiger partial charge in [0.2, 0.25) is 10.0 Å². The molecule has 0 saturated heterocycles. The SMILES string of the molecule is CC(C)N(C)CCCCNS(=O)(=O)C(C)CO. The van der Waals surface area contributed by atoms with Gasteiger partial charge in [0, 0.05) is 12.6 Å². The Hall–Kier alpha value is -0.170. The molecule has 0 spiro atoms. The molecule has 0 saturated carbocycles. The largest absolute Gasteiger partial charge is 0.395 e. The molecule has 2 N–H and O–H groups in total. The minimum atomic E-state index is -3.34. The maximum absolute atomic E-state index is 11.5. The predicted octanol–water partition coefficient (Wildman–Crippen LogP) is 0.407. The van der Waals surface area contributed by atoms with E-state index in [9.17, 15) is 8.42 Å². The Balaban J connectivity index is 3.72. The number of rotatable bonds is 9. The van der Waals surface area contributed by atoms with Crippen molar-refractivity contribution in [2.75, 3.05) is 26.7 Å². The molecule has 6 heteroatoms. The van der Waals surface area contributed by atoms with Gasteiger partial charge in [-0.1, -0.05) is 0 Å². The Kier molecular flexibility index (Phi) is 7.94. The van der Waals surface area contributed by atoms with Gasteiger partial charge in [-0.2, -0.15) is 0 Å². The number of sulfonamides is 1. The molecule has 1 unspecified atom stereocenters. The van der Waals surface area contributed by atoms with Crippen LogP contribution in [0.3, 0.4) is 0 Å². The Morgan fingerprint density at radius 3 is 2.29 bits per heavy atom. The lowest BCUT2D eigenvalue weighted by Crippen LogP contribution is -2.35. The number of hydrogen-bond donors (Lipinski definition) is 2. The van der Waals surface area contributed by atoms with Crippen LogP contribution >= 0.6 is 0 Å². The first-order valence-electron chi connectivity index (χ1n) is 6.10. The third-order valence-corrected chi connectivity index (χ3v) is 4.72. The monoisotopic (exact) mass is 266 g/mol. The van der Waals surface area contributed by atoms with Gasteiger partial charge in [-0.25, -0.2) is 13.1 Å². The van der Waals surface area contributed by atoms with E-state index in [-0.39, 0.29) is 6.61 Å². The van der Waals surface area contributed by atoms with Gasteiger partial charge in [0.1, 0.15) is 0 Å². The van der Waals surface area contributed by atoms with Crippen molar-refractivity contribution >= 4 is 10.0 Å². The van der Waals surface area contributed by atoms with Crippen LogP contribution in [0.15, 0.2) is 0 Å². The lowest BCUT2D eigenvalue weighted by atomic mass is 10.2. The first-order valence-corrected chi connectivity index (χ1v) is 7.65. The van der Waals surface area contributed by atoms with E-state index in [1.165, 1.54) is 6.92 Å². The molecular weight excluding hydrogens is 240 g/mol. The molecule has 0 radical (unpaired) electrons. The molecule has 0 aromatic rings. The molecule has 17 heavy (non-hydrogen) atoms. The fourth-order valence-electron chi connectivity index (χ4n) is 1.20. The summed E-state index contributed by atoms with van der Waals surface area (Å²) in [5.41, 5.74) is 0. The van der Waals surface area contributed by atoms with Crippen molar-refractivity contribution in [3.63, 3.8) is 0 Å². The van der Waals surface area contributed by atoms with Gasteiger partial charge in [-0.05, 0) is 47.2 Å². The van der Waals surface area contributed by atoms with Crippen molar-refractivity contribution < 1.29 is 13.5 Å². The van der Waals surface area contributed by atoms with Gasteiger partial charge >= 0.3 is 0 Å². The average molecular weight is 266 g/mol. The van der Waals surface area contributed by atoms with Crippen molar-refractivity contribution in [3.05, 3.63) is 0 Å². The number of aliphatic hydroxyl groups is 1. The van der Waals surface area contributed by atoms with E-state index in [4.69, 9.17) is 5.11 Å². The summed E-state index contributed by atoms with van der Waals surface area (Å²) >= 11 is 0. The smallest absolute Gasteiger partial charge is 0.216 e. The number of hydrogen-bond acceptors (Lipinski definition) is 4. The third kappa shape index (κ3) is 6.98. The van der Waals surface area contributed by atoms with Crippen LogP contribution in [-0.4, -0.2) is 56.5 Å². The standard InChI is InChI=1S/C11H26N2O3S/c1-10(2)13(4)8-6-5-7-12-17(15,16)11(3)9-14/h10-12,14H,5-9H2,1-4H3. The molecule has 0 fully saturated rings. The van der Waals surface area contributed by atoms with Crippen molar-refractivity contribution in [3.8, 4) is 0 Å².